The molecule has 0 saturated carbocycles. The number of nitrogens with one attached hydrogen (secondary N) is 3. The monoisotopic (exact) mass is 434 g/mol. The maximum atomic E-state index is 13.3. The number of rotatable bonds is 5. The van der Waals surface area contributed by atoms with Gasteiger partial charge in [0, 0.05) is 19.5 Å². The Morgan fingerprint density at radius 3 is 2.56 bits per heavy atom. The topological polar surface area (TPSA) is 108 Å². The van der Waals surface area contributed by atoms with Crippen LogP contribution in [0.4, 0.5) is 9.59 Å². The highest BCUT2D eigenvalue weighted by molar-refractivity contribution is 6.08. The van der Waals surface area contributed by atoms with Crippen LogP contribution in [0.25, 0.3) is 0 Å². The summed E-state index contributed by atoms with van der Waals surface area (Å²) in [6.45, 7) is 0.196. The third-order valence-corrected chi connectivity index (χ3v) is 6.01. The predicted octanol–water partition coefficient (Wildman–Crippen LogP) is 2.58. The van der Waals surface area contributed by atoms with E-state index in [2.05, 4.69) is 16.0 Å². The second kappa shape index (κ2) is 9.21. The molecule has 6 amide bonds. The van der Waals surface area contributed by atoms with Crippen LogP contribution in [0.15, 0.2) is 54.6 Å². The van der Waals surface area contributed by atoms with Crippen molar-refractivity contribution in [2.75, 3.05) is 6.54 Å². The average molecular weight is 434 g/mol. The van der Waals surface area contributed by atoms with Gasteiger partial charge in [-0.05, 0) is 42.4 Å². The summed E-state index contributed by atoms with van der Waals surface area (Å²) in [7, 11) is 0. The number of benzene rings is 2. The maximum Gasteiger partial charge on any atom is 0.325 e. The van der Waals surface area contributed by atoms with E-state index >= 15 is 0 Å². The highest BCUT2D eigenvalue weighted by Gasteiger charge is 2.53. The van der Waals surface area contributed by atoms with Crippen molar-refractivity contribution in [2.45, 2.75) is 44.2 Å². The van der Waals surface area contributed by atoms with Crippen LogP contribution in [0.3, 0.4) is 0 Å². The fourth-order valence-corrected chi connectivity index (χ4v) is 4.40. The van der Waals surface area contributed by atoms with Crippen LogP contribution < -0.4 is 16.0 Å². The van der Waals surface area contributed by atoms with Crippen molar-refractivity contribution in [3.05, 3.63) is 71.3 Å². The van der Waals surface area contributed by atoms with Gasteiger partial charge < -0.3 is 10.6 Å². The van der Waals surface area contributed by atoms with Gasteiger partial charge in [-0.15, -0.1) is 0 Å². The van der Waals surface area contributed by atoms with Crippen molar-refractivity contribution < 1.29 is 19.2 Å². The molecule has 0 radical (unpaired) electrons. The number of carbonyl (C=O) groups excluding carboxylic acids is 4. The van der Waals surface area contributed by atoms with E-state index in [4.69, 9.17) is 0 Å². The molecule has 8 heteroatoms. The zero-order chi connectivity index (χ0) is 22.6. The molecule has 166 valence electrons. The lowest BCUT2D eigenvalue weighted by Gasteiger charge is -2.27. The third-order valence-electron chi connectivity index (χ3n) is 6.01. The van der Waals surface area contributed by atoms with Crippen molar-refractivity contribution in [1.29, 1.82) is 0 Å². The van der Waals surface area contributed by atoms with E-state index in [9.17, 15) is 19.2 Å². The van der Waals surface area contributed by atoms with Gasteiger partial charge in [0.2, 0.25) is 5.91 Å². The first-order valence-corrected chi connectivity index (χ1v) is 10.8. The molecular weight excluding hydrogens is 408 g/mol. The van der Waals surface area contributed by atoms with Crippen molar-refractivity contribution in [3.63, 3.8) is 0 Å². The number of nitrogens with zero attached hydrogens (tertiary/aromatic N) is 1. The maximum absolute atomic E-state index is 13.3. The van der Waals surface area contributed by atoms with Gasteiger partial charge in [0.15, 0.2) is 0 Å². The first kappa shape index (κ1) is 21.5. The number of urea groups is 2. The smallest absolute Gasteiger partial charge is 0.325 e. The van der Waals surface area contributed by atoms with Crippen LogP contribution in [-0.2, 0) is 28.1 Å². The molecule has 4 rings (SSSR count). The van der Waals surface area contributed by atoms with Gasteiger partial charge in [-0.1, -0.05) is 54.6 Å². The zero-order valence-electron chi connectivity index (χ0n) is 17.7. The molecular formula is C24H26N4O4. The fraction of sp³-hybridized carbons (Fsp3) is 0.333. The minimum atomic E-state index is -1.08. The van der Waals surface area contributed by atoms with Crippen LogP contribution in [0.5, 0.6) is 0 Å². The molecule has 1 unspecified atom stereocenters. The molecule has 1 heterocycles. The SMILES string of the molecule is O=C(CCN1C(=O)NC2(CCCCc3ccccc32)C1=O)NC(=O)NCc1ccccc1. The molecule has 32 heavy (non-hydrogen) atoms. The normalized spacial score (nSPS) is 19.8. The lowest BCUT2D eigenvalue weighted by molar-refractivity contribution is -0.132. The second-order valence-corrected chi connectivity index (χ2v) is 8.12. The van der Waals surface area contributed by atoms with Crippen LogP contribution >= 0.6 is 0 Å². The van der Waals surface area contributed by atoms with Gasteiger partial charge >= 0.3 is 12.1 Å². The third kappa shape index (κ3) is 4.34. The molecule has 0 bridgehead atoms. The number of fused-ring (bicyclic) bond motifs is 2. The molecule has 1 atom stereocenters. The summed E-state index contributed by atoms with van der Waals surface area (Å²) in [5, 5.41) is 7.75. The van der Waals surface area contributed by atoms with Crippen LogP contribution in [0.1, 0.15) is 42.4 Å². The largest absolute Gasteiger partial charge is 0.334 e. The lowest BCUT2D eigenvalue weighted by Crippen LogP contribution is -2.44. The molecule has 2 aromatic rings. The lowest BCUT2D eigenvalue weighted by atomic mass is 9.84. The highest BCUT2D eigenvalue weighted by atomic mass is 16.2. The van der Waals surface area contributed by atoms with E-state index in [1.54, 1.807) is 0 Å². The van der Waals surface area contributed by atoms with E-state index in [-0.39, 0.29) is 25.4 Å². The summed E-state index contributed by atoms with van der Waals surface area (Å²) in [6, 6.07) is 15.9. The molecule has 8 nitrogen and oxygen atoms in total. The minimum absolute atomic E-state index is 0.0909. The van der Waals surface area contributed by atoms with Gasteiger partial charge in [-0.2, -0.15) is 0 Å². The first-order chi connectivity index (χ1) is 15.5. The molecule has 2 aliphatic rings. The Morgan fingerprint density at radius 1 is 1.00 bits per heavy atom. The van der Waals surface area contributed by atoms with E-state index in [1.807, 2.05) is 54.6 Å². The van der Waals surface area contributed by atoms with Gasteiger partial charge in [0.1, 0.15) is 5.54 Å². The number of hydrogen-bond acceptors (Lipinski definition) is 4. The second-order valence-electron chi connectivity index (χ2n) is 8.12. The van der Waals surface area contributed by atoms with Crippen molar-refractivity contribution in [1.82, 2.24) is 20.9 Å². The number of aryl methyl sites for hydroxylation is 1. The Morgan fingerprint density at radius 2 is 1.75 bits per heavy atom. The summed E-state index contributed by atoms with van der Waals surface area (Å²) < 4.78 is 0. The Labute approximate surface area is 186 Å². The number of carbonyl (C=O) groups is 4. The number of imide groups is 2. The minimum Gasteiger partial charge on any atom is -0.334 e. The first-order valence-electron chi connectivity index (χ1n) is 10.8. The van der Waals surface area contributed by atoms with Crippen LogP contribution in [-0.4, -0.2) is 35.3 Å². The summed E-state index contributed by atoms with van der Waals surface area (Å²) in [5.74, 6) is -0.892. The molecule has 1 fully saturated rings. The molecule has 1 aliphatic heterocycles. The standard InChI is InChI=1S/C24H26N4O4/c29-20(26-22(31)25-16-17-8-2-1-3-9-17)13-15-28-21(30)24(27-23(28)32)14-7-6-11-18-10-4-5-12-19(18)24/h1-5,8-10,12H,6-7,11,13-16H2,(H,27,32)(H2,25,26,29,31). The number of hydrogen-bond donors (Lipinski definition) is 3. The molecule has 1 saturated heterocycles. The van der Waals surface area contributed by atoms with E-state index in [1.165, 1.54) is 0 Å². The Balaban J connectivity index is 1.35. The summed E-state index contributed by atoms with van der Waals surface area (Å²) >= 11 is 0. The average Bonchev–Trinajstić information content (AvgIpc) is 2.93. The molecule has 3 N–H and O–H groups in total. The molecule has 1 spiro atoms. The Hall–Kier alpha value is -3.68. The summed E-state index contributed by atoms with van der Waals surface area (Å²) in [5.41, 5.74) is 1.73. The van der Waals surface area contributed by atoms with Crippen molar-refractivity contribution in [3.8, 4) is 0 Å². The van der Waals surface area contributed by atoms with E-state index in [0.717, 1.165) is 40.9 Å². The quantitative estimate of drug-likeness (QED) is 0.629. The highest BCUT2D eigenvalue weighted by Crippen LogP contribution is 2.38. The van der Waals surface area contributed by atoms with Gasteiger partial charge in [-0.25, -0.2) is 9.59 Å². The van der Waals surface area contributed by atoms with E-state index < -0.39 is 23.5 Å². The molecule has 2 aromatic carbocycles. The van der Waals surface area contributed by atoms with Crippen molar-refractivity contribution >= 4 is 23.9 Å². The Kier molecular flexibility index (Phi) is 6.20. The van der Waals surface area contributed by atoms with Crippen LogP contribution in [0.2, 0.25) is 0 Å². The fourth-order valence-electron chi connectivity index (χ4n) is 4.40. The van der Waals surface area contributed by atoms with E-state index in [0.29, 0.717) is 6.42 Å². The van der Waals surface area contributed by atoms with Gasteiger partial charge in [0.25, 0.3) is 5.91 Å². The Bertz CT molecular complexity index is 1040. The summed E-state index contributed by atoms with van der Waals surface area (Å²) in [6.07, 6.45) is 3.00. The van der Waals surface area contributed by atoms with Crippen molar-refractivity contribution in [2.24, 2.45) is 0 Å². The van der Waals surface area contributed by atoms with Gasteiger partial charge in [-0.3, -0.25) is 19.8 Å². The predicted molar refractivity (Wildman–Crippen MR) is 117 cm³/mol. The number of amides is 6. The van der Waals surface area contributed by atoms with Crippen LogP contribution in [0, 0.1) is 0 Å². The molecule has 0 aromatic heterocycles. The zero-order valence-corrected chi connectivity index (χ0v) is 17.7. The molecule has 1 aliphatic carbocycles. The van der Waals surface area contributed by atoms with Gasteiger partial charge in [0.05, 0.1) is 0 Å². The summed E-state index contributed by atoms with van der Waals surface area (Å²) in [4.78, 5) is 51.3.